The van der Waals surface area contributed by atoms with Crippen LogP contribution in [0.3, 0.4) is 0 Å². The second-order valence-corrected chi connectivity index (χ2v) is 4.84. The van der Waals surface area contributed by atoms with E-state index in [4.69, 9.17) is 14.2 Å². The summed E-state index contributed by atoms with van der Waals surface area (Å²) in [6, 6.07) is 5.85. The Labute approximate surface area is 125 Å². The molecule has 3 N–H and O–H groups in total. The second-order valence-electron chi connectivity index (χ2n) is 4.84. The van der Waals surface area contributed by atoms with Crippen molar-refractivity contribution >= 4 is 5.91 Å². The maximum absolute atomic E-state index is 11.8. The van der Waals surface area contributed by atoms with Gasteiger partial charge in [0.15, 0.2) is 18.0 Å². The minimum atomic E-state index is -0.00672. The Bertz CT molecular complexity index is 451. The monoisotopic (exact) mass is 297 g/mol. The molecule has 0 aliphatic heterocycles. The van der Waals surface area contributed by atoms with Crippen molar-refractivity contribution in [2.45, 2.75) is 19.5 Å². The Hall–Kier alpha value is -1.79. The molecule has 1 amide bonds. The van der Waals surface area contributed by atoms with Gasteiger partial charge in [0.05, 0.1) is 20.8 Å². The zero-order chi connectivity index (χ0) is 15.7. The van der Waals surface area contributed by atoms with Crippen molar-refractivity contribution < 1.29 is 24.3 Å². The lowest BCUT2D eigenvalue weighted by Crippen LogP contribution is -2.92. The predicted octanol–water partition coefficient (Wildman–Crippen LogP) is -0.0817. The topological polar surface area (TPSA) is 73.4 Å². The zero-order valence-corrected chi connectivity index (χ0v) is 13.1. The number of hydrogen-bond donors (Lipinski definition) is 2. The molecule has 0 unspecified atom stereocenters. The van der Waals surface area contributed by atoms with Gasteiger partial charge in [-0.15, -0.1) is 0 Å². The number of amides is 1. The minimum absolute atomic E-state index is 0.00672. The highest BCUT2D eigenvalue weighted by Gasteiger charge is 2.09. The summed E-state index contributed by atoms with van der Waals surface area (Å²) >= 11 is 0. The van der Waals surface area contributed by atoms with Crippen LogP contribution in [-0.2, 0) is 16.1 Å². The number of nitrogens with one attached hydrogen (secondary N) is 1. The van der Waals surface area contributed by atoms with E-state index in [9.17, 15) is 4.79 Å². The van der Waals surface area contributed by atoms with Crippen LogP contribution in [0, 0.1) is 0 Å². The summed E-state index contributed by atoms with van der Waals surface area (Å²) in [5.74, 6) is 1.33. The summed E-state index contributed by atoms with van der Waals surface area (Å²) in [5.41, 5.74) is 0.964. The summed E-state index contributed by atoms with van der Waals surface area (Å²) in [6.07, 6.45) is 0. The summed E-state index contributed by atoms with van der Waals surface area (Å²) in [6.45, 7) is 3.50. The van der Waals surface area contributed by atoms with E-state index in [-0.39, 0.29) is 11.9 Å². The van der Waals surface area contributed by atoms with E-state index < -0.39 is 0 Å². The first kappa shape index (κ1) is 17.3. The van der Waals surface area contributed by atoms with E-state index in [0.717, 1.165) is 5.56 Å². The Morgan fingerprint density at radius 3 is 2.57 bits per heavy atom. The van der Waals surface area contributed by atoms with Crippen molar-refractivity contribution in [3.8, 4) is 11.5 Å². The van der Waals surface area contributed by atoms with Gasteiger partial charge in [-0.1, -0.05) is 6.07 Å². The molecule has 118 valence electrons. The molecule has 1 rings (SSSR count). The number of nitrogens with two attached hydrogens (primary N) is 1. The zero-order valence-electron chi connectivity index (χ0n) is 13.1. The number of carbonyl (C=O) groups is 1. The molecule has 0 spiro atoms. The molecule has 0 heterocycles. The molecule has 21 heavy (non-hydrogen) atoms. The van der Waals surface area contributed by atoms with Crippen molar-refractivity contribution in [3.63, 3.8) is 0 Å². The molecule has 0 radical (unpaired) electrons. The number of benzene rings is 1. The number of rotatable bonds is 9. The predicted molar refractivity (Wildman–Crippen MR) is 79.5 cm³/mol. The maximum Gasteiger partial charge on any atom is 0.275 e. The molecule has 0 saturated carbocycles. The molecule has 0 fully saturated rings. The highest BCUT2D eigenvalue weighted by molar-refractivity contribution is 5.76. The fourth-order valence-electron chi connectivity index (χ4n) is 1.90. The standard InChI is InChI=1S/C15H24N2O4/c1-11(10-19-2)16-9-15(18)17-8-12-5-6-13(20-3)14(7-12)21-4/h5-7,11,16H,8-10H2,1-4H3,(H,17,18)/p+1/t11-/m0/s1. The SMILES string of the molecule is COC[C@H](C)[NH2+]CC(=O)NCc1ccc(OC)c(OC)c1. The van der Waals surface area contributed by atoms with Crippen molar-refractivity contribution in [1.29, 1.82) is 0 Å². The Morgan fingerprint density at radius 2 is 1.95 bits per heavy atom. The first-order valence-electron chi connectivity index (χ1n) is 6.90. The molecular formula is C15H25N2O4+. The third-order valence-electron chi connectivity index (χ3n) is 3.07. The summed E-state index contributed by atoms with van der Waals surface area (Å²) in [7, 11) is 4.84. The molecule has 1 aromatic rings. The van der Waals surface area contributed by atoms with Crippen molar-refractivity contribution in [2.75, 3.05) is 34.5 Å². The summed E-state index contributed by atoms with van der Waals surface area (Å²) < 4.78 is 15.4. The average molecular weight is 297 g/mol. The van der Waals surface area contributed by atoms with Gasteiger partial charge in [0.2, 0.25) is 0 Å². The van der Waals surface area contributed by atoms with Gasteiger partial charge in [-0.05, 0) is 24.6 Å². The fourth-order valence-corrected chi connectivity index (χ4v) is 1.90. The van der Waals surface area contributed by atoms with Gasteiger partial charge in [0.1, 0.15) is 6.04 Å². The van der Waals surface area contributed by atoms with Gasteiger partial charge in [-0.25, -0.2) is 0 Å². The van der Waals surface area contributed by atoms with Gasteiger partial charge in [-0.2, -0.15) is 0 Å². The van der Waals surface area contributed by atoms with E-state index >= 15 is 0 Å². The second kappa shape index (κ2) is 9.20. The molecule has 1 aromatic carbocycles. The van der Waals surface area contributed by atoms with Gasteiger partial charge < -0.3 is 24.8 Å². The number of carbonyl (C=O) groups excluding carboxylic acids is 1. The molecule has 0 aliphatic rings. The number of ether oxygens (including phenoxy) is 3. The van der Waals surface area contributed by atoms with Crippen LogP contribution in [0.1, 0.15) is 12.5 Å². The third-order valence-corrected chi connectivity index (χ3v) is 3.07. The van der Waals surface area contributed by atoms with E-state index in [1.165, 1.54) is 0 Å². The highest BCUT2D eigenvalue weighted by Crippen LogP contribution is 2.27. The highest BCUT2D eigenvalue weighted by atomic mass is 16.5. The Kier molecular flexibility index (Phi) is 7.56. The van der Waals surface area contributed by atoms with E-state index in [0.29, 0.717) is 31.2 Å². The van der Waals surface area contributed by atoms with E-state index in [2.05, 4.69) is 5.32 Å². The van der Waals surface area contributed by atoms with Crippen LogP contribution in [0.4, 0.5) is 0 Å². The smallest absolute Gasteiger partial charge is 0.275 e. The van der Waals surface area contributed by atoms with Gasteiger partial charge in [-0.3, -0.25) is 4.79 Å². The average Bonchev–Trinajstić information content (AvgIpc) is 2.50. The molecular weight excluding hydrogens is 272 g/mol. The summed E-state index contributed by atoms with van der Waals surface area (Å²) in [5, 5.41) is 4.83. The van der Waals surface area contributed by atoms with Crippen LogP contribution in [-0.4, -0.2) is 46.4 Å². The molecule has 6 heteroatoms. The van der Waals surface area contributed by atoms with Crippen molar-refractivity contribution in [3.05, 3.63) is 23.8 Å². The van der Waals surface area contributed by atoms with E-state index in [1.54, 1.807) is 21.3 Å². The molecule has 0 saturated heterocycles. The normalized spacial score (nSPS) is 11.8. The van der Waals surface area contributed by atoms with Gasteiger partial charge in [0, 0.05) is 13.7 Å². The van der Waals surface area contributed by atoms with Crippen LogP contribution >= 0.6 is 0 Å². The van der Waals surface area contributed by atoms with Crippen LogP contribution < -0.4 is 20.1 Å². The maximum atomic E-state index is 11.8. The number of quaternary nitrogens is 1. The molecule has 0 bridgehead atoms. The van der Waals surface area contributed by atoms with Gasteiger partial charge in [0.25, 0.3) is 5.91 Å². The van der Waals surface area contributed by atoms with Crippen LogP contribution in [0.2, 0.25) is 0 Å². The minimum Gasteiger partial charge on any atom is -0.493 e. The first-order valence-corrected chi connectivity index (χ1v) is 6.90. The number of methoxy groups -OCH3 is 3. The molecule has 0 aliphatic carbocycles. The molecule has 0 aromatic heterocycles. The lowest BCUT2D eigenvalue weighted by molar-refractivity contribution is -0.677. The summed E-state index contributed by atoms with van der Waals surface area (Å²) in [4.78, 5) is 11.8. The lowest BCUT2D eigenvalue weighted by atomic mass is 10.2. The fraction of sp³-hybridized carbons (Fsp3) is 0.533. The Morgan fingerprint density at radius 1 is 1.24 bits per heavy atom. The first-order chi connectivity index (χ1) is 10.1. The lowest BCUT2D eigenvalue weighted by Gasteiger charge is -2.11. The van der Waals surface area contributed by atoms with Crippen molar-refractivity contribution in [1.82, 2.24) is 5.32 Å². The van der Waals surface area contributed by atoms with Gasteiger partial charge >= 0.3 is 0 Å². The largest absolute Gasteiger partial charge is 0.493 e. The third kappa shape index (κ3) is 6.01. The molecule has 6 nitrogen and oxygen atoms in total. The van der Waals surface area contributed by atoms with Crippen LogP contribution in [0.5, 0.6) is 11.5 Å². The van der Waals surface area contributed by atoms with Crippen LogP contribution in [0.15, 0.2) is 18.2 Å². The van der Waals surface area contributed by atoms with E-state index in [1.807, 2.05) is 30.4 Å². The quantitative estimate of drug-likeness (QED) is 0.668. The Balaban J connectivity index is 2.42. The van der Waals surface area contributed by atoms with Crippen molar-refractivity contribution in [2.24, 2.45) is 0 Å². The molecule has 1 atom stereocenters. The van der Waals surface area contributed by atoms with Crippen LogP contribution in [0.25, 0.3) is 0 Å². The number of hydrogen-bond acceptors (Lipinski definition) is 4.